The summed E-state index contributed by atoms with van der Waals surface area (Å²) in [6.07, 6.45) is 1.67. The smallest absolute Gasteiger partial charge is 0.387 e. The van der Waals surface area contributed by atoms with Gasteiger partial charge in [0.2, 0.25) is 0 Å². The Hall–Kier alpha value is -2.64. The molecule has 0 aliphatic heterocycles. The Balaban J connectivity index is 2.02. The van der Waals surface area contributed by atoms with E-state index >= 15 is 0 Å². The van der Waals surface area contributed by atoms with Gasteiger partial charge in [0.1, 0.15) is 5.75 Å². The zero-order chi connectivity index (χ0) is 16.5. The summed E-state index contributed by atoms with van der Waals surface area (Å²) in [7, 11) is 0. The zero-order valence-electron chi connectivity index (χ0n) is 12.7. The van der Waals surface area contributed by atoms with Gasteiger partial charge in [0.15, 0.2) is 5.96 Å². The van der Waals surface area contributed by atoms with Crippen LogP contribution in [0, 0.1) is 0 Å². The maximum Gasteiger partial charge on any atom is 0.387 e. The van der Waals surface area contributed by atoms with Crippen molar-refractivity contribution >= 4 is 5.96 Å². The van der Waals surface area contributed by atoms with Crippen molar-refractivity contribution in [3.05, 3.63) is 47.8 Å². The van der Waals surface area contributed by atoms with Crippen LogP contribution >= 0.6 is 0 Å². The molecule has 0 saturated carbocycles. The van der Waals surface area contributed by atoms with Gasteiger partial charge in [-0.2, -0.15) is 13.9 Å². The van der Waals surface area contributed by atoms with E-state index in [4.69, 9.17) is 0 Å². The lowest BCUT2D eigenvalue weighted by molar-refractivity contribution is -0.0504. The Morgan fingerprint density at radius 1 is 1.30 bits per heavy atom. The summed E-state index contributed by atoms with van der Waals surface area (Å²) in [5.41, 5.74) is 1.50. The molecule has 23 heavy (non-hydrogen) atoms. The van der Waals surface area contributed by atoms with Crippen molar-refractivity contribution in [2.24, 2.45) is 4.99 Å². The molecule has 1 aromatic carbocycles. The molecule has 0 aliphatic carbocycles. The van der Waals surface area contributed by atoms with Crippen LogP contribution in [-0.2, 0) is 13.1 Å². The second-order valence-electron chi connectivity index (χ2n) is 4.62. The summed E-state index contributed by atoms with van der Waals surface area (Å²) >= 11 is 0. The molecule has 2 rings (SSSR count). The Morgan fingerprint density at radius 3 is 2.83 bits per heavy atom. The number of aliphatic imine (C=N–C) groups is 1. The number of rotatable bonds is 7. The third-order valence-electron chi connectivity index (χ3n) is 2.95. The van der Waals surface area contributed by atoms with Crippen molar-refractivity contribution in [2.45, 2.75) is 26.6 Å². The van der Waals surface area contributed by atoms with Crippen LogP contribution in [0.1, 0.15) is 18.2 Å². The number of benzene rings is 1. The molecule has 1 aromatic heterocycles. The highest BCUT2D eigenvalue weighted by Gasteiger charge is 2.09. The topological polar surface area (TPSA) is 74.3 Å². The average Bonchev–Trinajstić information content (AvgIpc) is 3.04. The highest BCUT2D eigenvalue weighted by Crippen LogP contribution is 2.20. The molecule has 124 valence electrons. The van der Waals surface area contributed by atoms with Crippen molar-refractivity contribution in [1.82, 2.24) is 20.8 Å². The number of alkyl halides is 2. The number of H-pyrrole nitrogens is 1. The predicted octanol–water partition coefficient (Wildman–Crippen LogP) is 2.27. The van der Waals surface area contributed by atoms with Crippen LogP contribution in [0.2, 0.25) is 0 Å². The molecule has 0 bridgehead atoms. The largest absolute Gasteiger partial charge is 0.434 e. The molecule has 3 N–H and O–H groups in total. The van der Waals surface area contributed by atoms with Crippen LogP contribution < -0.4 is 15.4 Å². The Labute approximate surface area is 133 Å². The van der Waals surface area contributed by atoms with E-state index in [0.717, 1.165) is 5.69 Å². The van der Waals surface area contributed by atoms with Gasteiger partial charge in [0.05, 0.1) is 18.8 Å². The normalized spacial score (nSPS) is 11.6. The number of ether oxygens (including phenoxy) is 1. The van der Waals surface area contributed by atoms with Crippen molar-refractivity contribution < 1.29 is 13.5 Å². The minimum Gasteiger partial charge on any atom is -0.434 e. The van der Waals surface area contributed by atoms with Crippen LogP contribution in [0.5, 0.6) is 5.75 Å². The molecule has 0 atom stereocenters. The molecule has 0 fully saturated rings. The highest BCUT2D eigenvalue weighted by molar-refractivity contribution is 5.79. The number of aromatic nitrogens is 2. The van der Waals surface area contributed by atoms with Crippen LogP contribution in [-0.4, -0.2) is 29.3 Å². The van der Waals surface area contributed by atoms with Crippen LogP contribution in [0.3, 0.4) is 0 Å². The number of aromatic amines is 1. The maximum absolute atomic E-state index is 12.4. The van der Waals surface area contributed by atoms with E-state index in [0.29, 0.717) is 24.6 Å². The molecular formula is C15H19F2N5O. The van der Waals surface area contributed by atoms with E-state index in [-0.39, 0.29) is 12.3 Å². The predicted molar refractivity (Wildman–Crippen MR) is 83.3 cm³/mol. The minimum absolute atomic E-state index is 0.135. The first-order valence-electron chi connectivity index (χ1n) is 7.22. The molecule has 1 heterocycles. The van der Waals surface area contributed by atoms with E-state index in [2.05, 4.69) is 30.6 Å². The van der Waals surface area contributed by atoms with E-state index in [1.807, 2.05) is 13.0 Å². The second-order valence-corrected chi connectivity index (χ2v) is 4.62. The molecule has 6 nitrogen and oxygen atoms in total. The summed E-state index contributed by atoms with van der Waals surface area (Å²) in [6.45, 7) is 0.528. The van der Waals surface area contributed by atoms with E-state index in [9.17, 15) is 8.78 Å². The first kappa shape index (κ1) is 16.7. The molecule has 8 heteroatoms. The lowest BCUT2D eigenvalue weighted by Crippen LogP contribution is -2.36. The van der Waals surface area contributed by atoms with E-state index in [1.54, 1.807) is 24.4 Å². The summed E-state index contributed by atoms with van der Waals surface area (Å²) in [4.78, 5) is 4.39. The number of hydrogen-bond donors (Lipinski definition) is 3. The average molecular weight is 323 g/mol. The minimum atomic E-state index is -2.85. The molecule has 2 aromatic rings. The summed E-state index contributed by atoms with van der Waals surface area (Å²) in [6, 6.07) is 8.46. The van der Waals surface area contributed by atoms with Crippen molar-refractivity contribution in [1.29, 1.82) is 0 Å². The van der Waals surface area contributed by atoms with Gasteiger partial charge in [-0.25, -0.2) is 4.99 Å². The number of nitrogens with zero attached hydrogens (tertiary/aromatic N) is 2. The maximum atomic E-state index is 12.4. The Kier molecular flexibility index (Phi) is 6.34. The monoisotopic (exact) mass is 323 g/mol. The van der Waals surface area contributed by atoms with Crippen molar-refractivity contribution in [2.75, 3.05) is 6.54 Å². The highest BCUT2D eigenvalue weighted by atomic mass is 19.3. The number of nitrogens with one attached hydrogen (secondary N) is 3. The summed E-state index contributed by atoms with van der Waals surface area (Å²) in [5, 5.41) is 12.9. The van der Waals surface area contributed by atoms with Gasteiger partial charge in [-0.1, -0.05) is 18.2 Å². The fourth-order valence-corrected chi connectivity index (χ4v) is 1.91. The molecule has 0 unspecified atom stereocenters. The fraction of sp³-hybridized carbons (Fsp3) is 0.333. The molecule has 0 saturated heterocycles. The standard InChI is InChI=1S/C15H19F2N5O/c1-2-18-15(20-10-12-7-8-21-22-12)19-9-11-5-3-4-6-13(11)23-14(16)17/h3-8,14H,2,9-10H2,1H3,(H,21,22)(H2,18,19,20). The van der Waals surface area contributed by atoms with Crippen LogP contribution in [0.4, 0.5) is 8.78 Å². The summed E-state index contributed by atoms with van der Waals surface area (Å²) in [5.74, 6) is 0.713. The van der Waals surface area contributed by atoms with Crippen molar-refractivity contribution in [3.63, 3.8) is 0 Å². The number of hydrogen-bond acceptors (Lipinski definition) is 3. The zero-order valence-corrected chi connectivity index (χ0v) is 12.7. The van der Waals surface area contributed by atoms with Gasteiger partial charge >= 0.3 is 6.61 Å². The van der Waals surface area contributed by atoms with Crippen LogP contribution in [0.15, 0.2) is 41.5 Å². The Bertz CT molecular complexity index is 616. The number of halogens is 2. The van der Waals surface area contributed by atoms with E-state index < -0.39 is 6.61 Å². The van der Waals surface area contributed by atoms with Gasteiger partial charge in [-0.15, -0.1) is 0 Å². The third kappa shape index (κ3) is 5.57. The molecule has 0 aliphatic rings. The number of para-hydroxylation sites is 1. The molecule has 0 amide bonds. The Morgan fingerprint density at radius 2 is 2.13 bits per heavy atom. The van der Waals surface area contributed by atoms with Crippen LogP contribution in [0.25, 0.3) is 0 Å². The van der Waals surface area contributed by atoms with Gasteiger partial charge < -0.3 is 15.4 Å². The second kappa shape index (κ2) is 8.72. The summed E-state index contributed by atoms with van der Waals surface area (Å²) < 4.78 is 29.3. The molecule has 0 radical (unpaired) electrons. The third-order valence-corrected chi connectivity index (χ3v) is 2.95. The van der Waals surface area contributed by atoms with Gasteiger partial charge in [-0.3, -0.25) is 5.10 Å². The van der Waals surface area contributed by atoms with Gasteiger partial charge in [0, 0.05) is 18.3 Å². The fourth-order valence-electron chi connectivity index (χ4n) is 1.91. The lowest BCUT2D eigenvalue weighted by atomic mass is 10.2. The number of guanidine groups is 1. The first-order valence-corrected chi connectivity index (χ1v) is 7.22. The first-order chi connectivity index (χ1) is 11.2. The quantitative estimate of drug-likeness (QED) is 0.540. The molecular weight excluding hydrogens is 304 g/mol. The molecule has 0 spiro atoms. The SMILES string of the molecule is CCNC(=NCc1ccccc1OC(F)F)NCc1ccn[nH]1. The van der Waals surface area contributed by atoms with E-state index in [1.165, 1.54) is 6.07 Å². The van der Waals surface area contributed by atoms with Gasteiger partial charge in [0.25, 0.3) is 0 Å². The van der Waals surface area contributed by atoms with Gasteiger partial charge in [-0.05, 0) is 19.1 Å². The lowest BCUT2D eigenvalue weighted by Gasteiger charge is -2.12. The van der Waals surface area contributed by atoms with Crippen molar-refractivity contribution in [3.8, 4) is 5.75 Å².